The van der Waals surface area contributed by atoms with Gasteiger partial charge in [-0.25, -0.2) is 0 Å². The van der Waals surface area contributed by atoms with Gasteiger partial charge in [-0.3, -0.25) is 0 Å². The van der Waals surface area contributed by atoms with Gasteiger partial charge in [0.15, 0.2) is 3.93 Å². The van der Waals surface area contributed by atoms with Crippen molar-refractivity contribution in [1.82, 2.24) is 0 Å². The van der Waals surface area contributed by atoms with Crippen molar-refractivity contribution in [1.29, 1.82) is 0 Å². The topological polar surface area (TPSA) is 0 Å². The van der Waals surface area contributed by atoms with Gasteiger partial charge in [-0.15, -0.1) is 0 Å². The number of alkyl halides is 3. The normalized spacial score (nSPS) is 10.7. The first-order valence-electron chi connectivity index (χ1n) is 5.43. The number of halogens is 4. The van der Waals surface area contributed by atoms with Gasteiger partial charge in [-0.1, -0.05) is 30.3 Å². The van der Waals surface area contributed by atoms with Gasteiger partial charge in [0.2, 0.25) is 3.57 Å². The third-order valence-corrected chi connectivity index (χ3v) is 4.35. The minimum absolute atomic E-state index is 0.317. The lowest BCUT2D eigenvalue weighted by Gasteiger charge is -2.04. The first kappa shape index (κ1) is 13.9. The molecule has 0 saturated carbocycles. The molecule has 0 aliphatic carbocycles. The Labute approximate surface area is 119 Å². The van der Waals surface area contributed by atoms with Crippen LogP contribution in [-0.2, 0) is 6.18 Å². The van der Waals surface area contributed by atoms with Gasteiger partial charge in [0.05, 0.1) is 0 Å². The number of benzene rings is 2. The van der Waals surface area contributed by atoms with Crippen molar-refractivity contribution >= 4 is 0 Å². The predicted octanol–water partition coefficient (Wildman–Crippen LogP) is 0.973. The van der Waals surface area contributed by atoms with Gasteiger partial charge in [0.1, 0.15) is 5.56 Å². The lowest BCUT2D eigenvalue weighted by atomic mass is 10.2. The molecular weight excluding hydrogens is 364 g/mol. The predicted molar refractivity (Wildman–Crippen MR) is 63.5 cm³/mol. The Morgan fingerprint density at radius 3 is 2.16 bits per heavy atom. The highest BCUT2D eigenvalue weighted by atomic mass is 127. The third-order valence-electron chi connectivity index (χ3n) is 2.29. The van der Waals surface area contributed by atoms with E-state index in [2.05, 4.69) is 9.85 Å². The molecule has 0 nitrogen and oxygen atoms in total. The van der Waals surface area contributed by atoms with Crippen LogP contribution in [-0.4, -0.2) is 0 Å². The van der Waals surface area contributed by atoms with Gasteiger partial charge in [-0.2, -0.15) is 13.2 Å². The molecular formula is C15H9F3I+. The Bertz CT molecular complexity index is 607. The molecule has 0 atom stereocenters. The fourth-order valence-electron chi connectivity index (χ4n) is 1.42. The average molecular weight is 373 g/mol. The van der Waals surface area contributed by atoms with Crippen LogP contribution < -0.4 is 21.2 Å². The molecule has 0 aliphatic heterocycles. The van der Waals surface area contributed by atoms with Crippen LogP contribution in [0.3, 0.4) is 0 Å². The average Bonchev–Trinajstić information content (AvgIpc) is 2.39. The van der Waals surface area contributed by atoms with Gasteiger partial charge in [0.25, 0.3) is 0 Å². The Hall–Kier alpha value is -1.48. The van der Waals surface area contributed by atoms with Crippen molar-refractivity contribution in [3.05, 3.63) is 69.3 Å². The van der Waals surface area contributed by atoms with Crippen LogP contribution in [0.2, 0.25) is 0 Å². The summed E-state index contributed by atoms with van der Waals surface area (Å²) in [5.74, 6) is 2.90. The summed E-state index contributed by atoms with van der Waals surface area (Å²) in [6, 6.07) is 14.9. The van der Waals surface area contributed by atoms with E-state index in [1.807, 2.05) is 30.3 Å². The molecule has 19 heavy (non-hydrogen) atoms. The van der Waals surface area contributed by atoms with E-state index < -0.39 is 32.9 Å². The Kier molecular flexibility index (Phi) is 4.48. The fraction of sp³-hybridized carbons (Fsp3) is 0.0667. The standard InChI is InChI=1S/C15H9F3I/c16-15(17,18)13-8-4-5-9-14(13)19-11-10-12-6-2-1-3-7-12/h1-9H/q+1. The summed E-state index contributed by atoms with van der Waals surface area (Å²) in [7, 11) is 0. The molecule has 2 aromatic carbocycles. The summed E-state index contributed by atoms with van der Waals surface area (Å²) in [6.07, 6.45) is -4.30. The SMILES string of the molecule is FC(F)(F)c1ccccc1[I+]C#Cc1ccccc1. The van der Waals surface area contributed by atoms with E-state index in [-0.39, 0.29) is 0 Å². The lowest BCUT2D eigenvalue weighted by Crippen LogP contribution is -3.59. The number of rotatable bonds is 1. The number of hydrogen-bond donors (Lipinski definition) is 0. The Morgan fingerprint density at radius 2 is 1.47 bits per heavy atom. The van der Waals surface area contributed by atoms with Crippen LogP contribution in [0.4, 0.5) is 13.2 Å². The van der Waals surface area contributed by atoms with E-state index in [4.69, 9.17) is 0 Å². The molecule has 0 N–H and O–H groups in total. The fourth-order valence-corrected chi connectivity index (χ4v) is 3.32. The van der Waals surface area contributed by atoms with E-state index in [1.54, 1.807) is 6.07 Å². The maximum absolute atomic E-state index is 12.8. The summed E-state index contributed by atoms with van der Waals surface area (Å²) < 4.78 is 41.5. The van der Waals surface area contributed by atoms with E-state index in [1.165, 1.54) is 12.1 Å². The van der Waals surface area contributed by atoms with Gasteiger partial charge in [0, 0.05) is 5.56 Å². The van der Waals surface area contributed by atoms with Crippen molar-refractivity contribution in [2.24, 2.45) is 0 Å². The molecule has 0 aromatic heterocycles. The van der Waals surface area contributed by atoms with E-state index in [9.17, 15) is 13.2 Å². The number of hydrogen-bond acceptors (Lipinski definition) is 0. The van der Waals surface area contributed by atoms with Crippen LogP contribution in [0, 0.1) is 13.4 Å². The molecule has 2 aromatic rings. The highest BCUT2D eigenvalue weighted by molar-refractivity contribution is 5.32. The van der Waals surface area contributed by atoms with E-state index >= 15 is 0 Å². The molecule has 0 unspecified atom stereocenters. The molecule has 0 amide bonds. The van der Waals surface area contributed by atoms with Crippen LogP contribution >= 0.6 is 0 Å². The molecule has 0 spiro atoms. The van der Waals surface area contributed by atoms with Crippen LogP contribution in [0.1, 0.15) is 11.1 Å². The zero-order valence-corrected chi connectivity index (χ0v) is 11.9. The molecule has 0 fully saturated rings. The zero-order valence-electron chi connectivity index (χ0n) is 9.71. The zero-order chi connectivity index (χ0) is 13.7. The summed E-state index contributed by atoms with van der Waals surface area (Å²) in [4.78, 5) is 0. The monoisotopic (exact) mass is 373 g/mol. The lowest BCUT2D eigenvalue weighted by molar-refractivity contribution is -0.538. The summed E-state index contributed by atoms with van der Waals surface area (Å²) in [6.45, 7) is 0. The van der Waals surface area contributed by atoms with Crippen molar-refractivity contribution in [3.8, 4) is 9.85 Å². The molecule has 96 valence electrons. The van der Waals surface area contributed by atoms with Crippen LogP contribution in [0.25, 0.3) is 0 Å². The van der Waals surface area contributed by atoms with E-state index in [0.717, 1.165) is 11.6 Å². The minimum atomic E-state index is -4.30. The molecule has 0 aliphatic rings. The second-order valence-electron chi connectivity index (χ2n) is 3.66. The van der Waals surface area contributed by atoms with Crippen LogP contribution in [0.5, 0.6) is 0 Å². The molecule has 0 heterocycles. The van der Waals surface area contributed by atoms with Crippen molar-refractivity contribution in [3.63, 3.8) is 0 Å². The molecule has 0 saturated heterocycles. The minimum Gasteiger partial charge on any atom is -0.166 e. The largest absolute Gasteiger partial charge is 0.420 e. The second kappa shape index (κ2) is 6.11. The van der Waals surface area contributed by atoms with Gasteiger partial charge >= 0.3 is 27.4 Å². The first-order chi connectivity index (χ1) is 9.07. The third kappa shape index (κ3) is 4.00. The second-order valence-corrected chi connectivity index (χ2v) is 5.90. The highest BCUT2D eigenvalue weighted by Gasteiger charge is 2.37. The van der Waals surface area contributed by atoms with Gasteiger partial charge in [-0.05, 0) is 30.2 Å². The van der Waals surface area contributed by atoms with Crippen LogP contribution in [0.15, 0.2) is 54.6 Å². The Balaban J connectivity index is 2.20. The van der Waals surface area contributed by atoms with Crippen molar-refractivity contribution in [2.75, 3.05) is 0 Å². The Morgan fingerprint density at radius 1 is 0.842 bits per heavy atom. The smallest absolute Gasteiger partial charge is 0.166 e. The molecule has 0 bridgehead atoms. The summed E-state index contributed by atoms with van der Waals surface area (Å²) >= 11 is -0.968. The maximum Gasteiger partial charge on any atom is 0.420 e. The highest BCUT2D eigenvalue weighted by Crippen LogP contribution is 2.28. The molecule has 2 rings (SSSR count). The summed E-state index contributed by atoms with van der Waals surface area (Å²) in [5.41, 5.74) is 0.261. The van der Waals surface area contributed by atoms with E-state index in [0.29, 0.717) is 3.57 Å². The first-order valence-corrected chi connectivity index (χ1v) is 7.59. The van der Waals surface area contributed by atoms with Crippen molar-refractivity contribution < 1.29 is 34.4 Å². The molecule has 0 radical (unpaired) electrons. The molecule has 4 heteroatoms. The van der Waals surface area contributed by atoms with Gasteiger partial charge < -0.3 is 0 Å². The quantitative estimate of drug-likeness (QED) is 0.517. The van der Waals surface area contributed by atoms with Crippen molar-refractivity contribution in [2.45, 2.75) is 6.18 Å². The summed E-state index contributed by atoms with van der Waals surface area (Å²) in [5, 5.41) is 0. The maximum atomic E-state index is 12.8.